The van der Waals surface area contributed by atoms with E-state index < -0.39 is 10.0 Å². The molecule has 1 unspecified atom stereocenters. The maximum Gasteiger partial charge on any atom is 0.214 e. The van der Waals surface area contributed by atoms with Crippen LogP contribution in [0.5, 0.6) is 5.75 Å². The fourth-order valence-corrected chi connectivity index (χ4v) is 8.01. The second kappa shape index (κ2) is 10.7. The number of nitrogens with one attached hydrogen (secondary N) is 1. The van der Waals surface area contributed by atoms with Gasteiger partial charge in [0.2, 0.25) is 10.0 Å². The predicted octanol–water partition coefficient (Wildman–Crippen LogP) is 5.61. The number of aromatic nitrogens is 3. The SMILES string of the molecule is COc1cc(C(C)c2ccc(C)c(CNS(=O)(=O)C3CCC(C4CCCC4)CC3)c2)cc2nnn(C)c12. The summed E-state index contributed by atoms with van der Waals surface area (Å²) >= 11 is 0. The molecule has 1 N–H and O–H groups in total. The molecular weight excluding hydrogens is 484 g/mol. The Morgan fingerprint density at radius 1 is 1.03 bits per heavy atom. The number of rotatable bonds is 8. The number of methoxy groups -OCH3 is 1. The van der Waals surface area contributed by atoms with Crippen LogP contribution in [0.4, 0.5) is 0 Å². The summed E-state index contributed by atoms with van der Waals surface area (Å²) in [4.78, 5) is 0. The fourth-order valence-electron chi connectivity index (χ4n) is 6.52. The van der Waals surface area contributed by atoms with Crippen molar-refractivity contribution in [3.8, 4) is 5.75 Å². The van der Waals surface area contributed by atoms with Gasteiger partial charge in [-0.15, -0.1) is 5.10 Å². The monoisotopic (exact) mass is 524 g/mol. The molecule has 0 aliphatic heterocycles. The van der Waals surface area contributed by atoms with E-state index in [9.17, 15) is 8.42 Å². The average Bonchev–Trinajstić information content (AvgIpc) is 3.58. The van der Waals surface area contributed by atoms with Gasteiger partial charge in [-0.2, -0.15) is 0 Å². The molecule has 5 rings (SSSR count). The Bertz CT molecular complexity index is 1350. The van der Waals surface area contributed by atoms with E-state index in [2.05, 4.69) is 46.2 Å². The van der Waals surface area contributed by atoms with E-state index in [0.717, 1.165) is 76.6 Å². The molecule has 0 radical (unpaired) electrons. The van der Waals surface area contributed by atoms with Gasteiger partial charge in [-0.1, -0.05) is 56.0 Å². The van der Waals surface area contributed by atoms with Crippen LogP contribution in [0, 0.1) is 18.8 Å². The third-order valence-electron chi connectivity index (χ3n) is 8.97. The molecule has 2 aromatic carbocycles. The Balaban J connectivity index is 1.28. The van der Waals surface area contributed by atoms with Gasteiger partial charge in [0.15, 0.2) is 0 Å². The van der Waals surface area contributed by atoms with Crippen molar-refractivity contribution in [3.05, 3.63) is 52.6 Å². The maximum atomic E-state index is 13.2. The largest absolute Gasteiger partial charge is 0.494 e. The van der Waals surface area contributed by atoms with E-state index in [0.29, 0.717) is 6.54 Å². The van der Waals surface area contributed by atoms with Crippen LogP contribution in [-0.4, -0.2) is 35.8 Å². The van der Waals surface area contributed by atoms with Crippen molar-refractivity contribution >= 4 is 21.1 Å². The lowest BCUT2D eigenvalue weighted by Crippen LogP contribution is -2.37. The molecule has 2 fully saturated rings. The summed E-state index contributed by atoms with van der Waals surface area (Å²) in [6, 6.07) is 10.4. The number of fused-ring (bicyclic) bond motifs is 1. The Morgan fingerprint density at radius 3 is 2.43 bits per heavy atom. The molecular formula is C29H40N4O3S. The molecule has 0 saturated heterocycles. The highest BCUT2D eigenvalue weighted by Gasteiger charge is 2.34. The third kappa shape index (κ3) is 5.41. The van der Waals surface area contributed by atoms with Gasteiger partial charge >= 0.3 is 0 Å². The first-order chi connectivity index (χ1) is 17.8. The van der Waals surface area contributed by atoms with Gasteiger partial charge in [-0.25, -0.2) is 17.8 Å². The van der Waals surface area contributed by atoms with E-state index >= 15 is 0 Å². The number of ether oxygens (including phenoxy) is 1. The lowest BCUT2D eigenvalue weighted by molar-refractivity contribution is 0.252. The quantitative estimate of drug-likeness (QED) is 0.414. The highest BCUT2D eigenvalue weighted by Crippen LogP contribution is 2.40. The van der Waals surface area contributed by atoms with Gasteiger partial charge in [-0.05, 0) is 78.8 Å². The van der Waals surface area contributed by atoms with Crippen LogP contribution in [0.3, 0.4) is 0 Å². The molecule has 3 aromatic rings. The van der Waals surface area contributed by atoms with Crippen molar-refractivity contribution in [1.82, 2.24) is 19.7 Å². The van der Waals surface area contributed by atoms with E-state index in [4.69, 9.17) is 4.74 Å². The normalized spacial score (nSPS) is 21.9. The number of nitrogens with zero attached hydrogens (tertiary/aromatic N) is 3. The molecule has 0 bridgehead atoms. The zero-order chi connectivity index (χ0) is 26.2. The smallest absolute Gasteiger partial charge is 0.214 e. The molecule has 200 valence electrons. The second-order valence-electron chi connectivity index (χ2n) is 11.2. The molecule has 1 aromatic heterocycles. The van der Waals surface area contributed by atoms with Gasteiger partial charge in [0, 0.05) is 19.5 Å². The first-order valence-electron chi connectivity index (χ1n) is 13.7. The molecule has 0 spiro atoms. The van der Waals surface area contributed by atoms with E-state index in [-0.39, 0.29) is 11.2 Å². The highest BCUT2D eigenvalue weighted by atomic mass is 32.2. The average molecular weight is 525 g/mol. The van der Waals surface area contributed by atoms with Crippen LogP contribution >= 0.6 is 0 Å². The third-order valence-corrected chi connectivity index (χ3v) is 10.9. The molecule has 1 heterocycles. The van der Waals surface area contributed by atoms with Gasteiger partial charge in [-0.3, -0.25) is 0 Å². The molecule has 2 aliphatic carbocycles. The Labute approximate surface area is 221 Å². The number of benzene rings is 2. The topological polar surface area (TPSA) is 86.1 Å². The van der Waals surface area contributed by atoms with Crippen molar-refractivity contribution in [2.24, 2.45) is 18.9 Å². The lowest BCUT2D eigenvalue weighted by atomic mass is 9.79. The molecule has 2 saturated carbocycles. The van der Waals surface area contributed by atoms with E-state index in [1.165, 1.54) is 25.7 Å². The molecule has 8 heteroatoms. The van der Waals surface area contributed by atoms with Crippen molar-refractivity contribution in [2.75, 3.05) is 7.11 Å². The maximum absolute atomic E-state index is 13.2. The molecule has 37 heavy (non-hydrogen) atoms. The number of hydrogen-bond acceptors (Lipinski definition) is 5. The van der Waals surface area contributed by atoms with Gasteiger partial charge in [0.1, 0.15) is 16.8 Å². The summed E-state index contributed by atoms with van der Waals surface area (Å²) in [7, 11) is 0.171. The van der Waals surface area contributed by atoms with Gasteiger partial charge < -0.3 is 4.74 Å². The summed E-state index contributed by atoms with van der Waals surface area (Å²) in [6.45, 7) is 4.52. The Morgan fingerprint density at radius 2 is 1.73 bits per heavy atom. The number of sulfonamides is 1. The summed E-state index contributed by atoms with van der Waals surface area (Å²) in [5.74, 6) is 2.39. The Kier molecular flexibility index (Phi) is 7.59. The van der Waals surface area contributed by atoms with Crippen molar-refractivity contribution < 1.29 is 13.2 Å². The molecule has 0 amide bonds. The van der Waals surface area contributed by atoms with Crippen LogP contribution in [-0.2, 0) is 23.6 Å². The zero-order valence-electron chi connectivity index (χ0n) is 22.5. The van der Waals surface area contributed by atoms with Crippen LogP contribution in [0.2, 0.25) is 0 Å². The van der Waals surface area contributed by atoms with Crippen LogP contribution in [0.15, 0.2) is 30.3 Å². The Hall–Kier alpha value is -2.45. The fraction of sp³-hybridized carbons (Fsp3) is 0.586. The summed E-state index contributed by atoms with van der Waals surface area (Å²) in [5.41, 5.74) is 5.98. The minimum Gasteiger partial charge on any atom is -0.494 e. The van der Waals surface area contributed by atoms with Gasteiger partial charge in [0.25, 0.3) is 0 Å². The van der Waals surface area contributed by atoms with E-state index in [1.807, 2.05) is 20.0 Å². The van der Waals surface area contributed by atoms with Crippen molar-refractivity contribution in [1.29, 1.82) is 0 Å². The summed E-state index contributed by atoms with van der Waals surface area (Å²) < 4.78 is 36.7. The second-order valence-corrected chi connectivity index (χ2v) is 13.2. The first kappa shape index (κ1) is 26.2. The van der Waals surface area contributed by atoms with Crippen LogP contribution in [0.1, 0.15) is 86.5 Å². The lowest BCUT2D eigenvalue weighted by Gasteiger charge is -2.32. The highest BCUT2D eigenvalue weighted by molar-refractivity contribution is 7.90. The van der Waals surface area contributed by atoms with Crippen molar-refractivity contribution in [2.45, 2.75) is 82.9 Å². The minimum absolute atomic E-state index is 0.0853. The minimum atomic E-state index is -3.35. The number of aryl methyl sites for hydroxylation is 2. The summed E-state index contributed by atoms with van der Waals surface area (Å²) in [6.07, 6.45) is 9.08. The van der Waals surface area contributed by atoms with Crippen LogP contribution < -0.4 is 9.46 Å². The molecule has 7 nitrogen and oxygen atoms in total. The van der Waals surface area contributed by atoms with Crippen molar-refractivity contribution in [3.63, 3.8) is 0 Å². The summed E-state index contributed by atoms with van der Waals surface area (Å²) in [5, 5.41) is 8.15. The van der Waals surface area contributed by atoms with Crippen LogP contribution in [0.25, 0.3) is 11.0 Å². The zero-order valence-corrected chi connectivity index (χ0v) is 23.4. The molecule has 1 atom stereocenters. The first-order valence-corrected chi connectivity index (χ1v) is 15.3. The van der Waals surface area contributed by atoms with Gasteiger partial charge in [0.05, 0.1) is 12.4 Å². The standard InChI is InChI=1S/C29H40N4O3S/c1-19-9-10-23(20(2)24-16-27-29(28(17-24)36-4)33(3)32-31-27)15-25(19)18-30-37(34,35)26-13-11-22(12-14-26)21-7-5-6-8-21/h9-10,15-17,20-22,26,30H,5-8,11-14,18H2,1-4H3. The predicted molar refractivity (Wildman–Crippen MR) is 147 cm³/mol. The number of hydrogen-bond donors (Lipinski definition) is 1. The molecule has 2 aliphatic rings. The van der Waals surface area contributed by atoms with E-state index in [1.54, 1.807) is 11.8 Å².